The molecule has 3 atom stereocenters. The number of fused-ring (bicyclic) bond motifs is 1. The summed E-state index contributed by atoms with van der Waals surface area (Å²) >= 11 is 18.1. The van der Waals surface area contributed by atoms with Crippen LogP contribution < -0.4 is 5.73 Å². The number of ether oxygens (including phenoxy) is 1. The molecule has 0 aromatic heterocycles. The predicted octanol–water partition coefficient (Wildman–Crippen LogP) is 2.54. The monoisotopic (exact) mass is 450 g/mol. The van der Waals surface area contributed by atoms with Gasteiger partial charge >= 0.3 is 5.97 Å². The van der Waals surface area contributed by atoms with Crippen LogP contribution in [0.1, 0.15) is 24.2 Å². The number of hydrogen-bond donors (Lipinski definition) is 1. The molecule has 3 rings (SSSR count). The van der Waals surface area contributed by atoms with Crippen molar-refractivity contribution in [2.75, 3.05) is 6.61 Å². The molecule has 0 aliphatic carbocycles. The second-order valence-corrected chi connectivity index (χ2v) is 11.2. The Bertz CT molecular complexity index is 799. The van der Waals surface area contributed by atoms with Crippen LogP contribution in [0.15, 0.2) is 30.3 Å². The first-order valence-corrected chi connectivity index (χ1v) is 10.0. The number of esters is 1. The highest BCUT2D eigenvalue weighted by atomic mass is 35.6. The number of thioether (sulfide) groups is 1. The van der Waals surface area contributed by atoms with Gasteiger partial charge in [0, 0.05) is 10.3 Å². The third kappa shape index (κ3) is 3.44. The number of alkyl halides is 3. The lowest BCUT2D eigenvalue weighted by molar-refractivity contribution is -0.165. The Morgan fingerprint density at radius 1 is 1.26 bits per heavy atom. The number of β-lactam (4-membered cyclic amide) rings is 1. The molecule has 2 N–H and O–H groups in total. The Morgan fingerprint density at radius 2 is 1.85 bits per heavy atom. The van der Waals surface area contributed by atoms with Crippen molar-refractivity contribution in [1.29, 1.82) is 0 Å². The highest BCUT2D eigenvalue weighted by Crippen LogP contribution is 2.55. The smallest absolute Gasteiger partial charge is 0.330 e. The quantitative estimate of drug-likeness (QED) is 0.249. The van der Waals surface area contributed by atoms with E-state index in [0.29, 0.717) is 5.56 Å². The number of nitrogens with zero attached hydrogens (tertiary/aromatic N) is 1. The summed E-state index contributed by atoms with van der Waals surface area (Å²) in [6.07, 6.45) is 0. The molecule has 1 amide bonds. The van der Waals surface area contributed by atoms with Gasteiger partial charge in [-0.2, -0.15) is 0 Å². The summed E-state index contributed by atoms with van der Waals surface area (Å²) in [5.41, 5.74) is 4.87. The van der Waals surface area contributed by atoms with Crippen LogP contribution in [0, 0.1) is 0 Å². The van der Waals surface area contributed by atoms with E-state index in [2.05, 4.69) is 0 Å². The maximum Gasteiger partial charge on any atom is 0.330 e. The topological polar surface area (TPSA) is 89.7 Å². The molecule has 0 saturated carbocycles. The number of benzene rings is 1. The van der Waals surface area contributed by atoms with Gasteiger partial charge in [-0.1, -0.05) is 65.1 Å². The fourth-order valence-electron chi connectivity index (χ4n) is 3.34. The fraction of sp³-hybridized carbons (Fsp3) is 0.471. The number of ketones is 1. The van der Waals surface area contributed by atoms with Crippen molar-refractivity contribution in [2.45, 2.75) is 39.3 Å². The zero-order chi connectivity index (χ0) is 20.2. The van der Waals surface area contributed by atoms with E-state index < -0.39 is 49.8 Å². The lowest BCUT2D eigenvalue weighted by Gasteiger charge is -2.49. The van der Waals surface area contributed by atoms with E-state index in [1.165, 1.54) is 16.7 Å². The minimum atomic E-state index is -1.76. The second-order valence-electron chi connectivity index (χ2n) is 6.98. The van der Waals surface area contributed by atoms with Gasteiger partial charge in [0.15, 0.2) is 11.3 Å². The minimum absolute atomic E-state index is 0.341. The van der Waals surface area contributed by atoms with Crippen LogP contribution in [0.3, 0.4) is 0 Å². The van der Waals surface area contributed by atoms with E-state index in [4.69, 9.17) is 45.3 Å². The maximum absolute atomic E-state index is 12.9. The molecule has 2 aliphatic heterocycles. The maximum atomic E-state index is 12.9. The highest BCUT2D eigenvalue weighted by Gasteiger charge is 2.73. The molecule has 6 nitrogen and oxygen atoms in total. The van der Waals surface area contributed by atoms with Crippen molar-refractivity contribution < 1.29 is 19.1 Å². The second kappa shape index (κ2) is 6.81. The van der Waals surface area contributed by atoms with Crippen LogP contribution in [-0.4, -0.2) is 54.7 Å². The Labute approximate surface area is 175 Å². The van der Waals surface area contributed by atoms with Crippen LogP contribution >= 0.6 is 46.6 Å². The van der Waals surface area contributed by atoms with E-state index in [1.54, 1.807) is 44.2 Å². The fourth-order valence-corrected chi connectivity index (χ4v) is 5.14. The molecule has 146 valence electrons. The van der Waals surface area contributed by atoms with Crippen molar-refractivity contribution >= 4 is 64.2 Å². The van der Waals surface area contributed by atoms with Crippen molar-refractivity contribution in [1.82, 2.24) is 4.90 Å². The highest BCUT2D eigenvalue weighted by molar-refractivity contribution is 8.01. The van der Waals surface area contributed by atoms with Gasteiger partial charge in [-0.15, -0.1) is 11.8 Å². The number of carbonyl (C=O) groups is 3. The summed E-state index contributed by atoms with van der Waals surface area (Å²) in [5.74, 6) is -1.80. The number of Topliss-reactive ketones (excluding diaryl/α,β-unsaturated/α-hetero) is 1. The molecule has 0 unspecified atom stereocenters. The first-order chi connectivity index (χ1) is 12.4. The number of nitrogens with two attached hydrogens (primary N) is 1. The van der Waals surface area contributed by atoms with Crippen LogP contribution in [-0.2, 0) is 14.3 Å². The van der Waals surface area contributed by atoms with Crippen LogP contribution in [0.4, 0.5) is 0 Å². The molecule has 0 bridgehead atoms. The first-order valence-electron chi connectivity index (χ1n) is 8.02. The molecule has 27 heavy (non-hydrogen) atoms. The predicted molar refractivity (Wildman–Crippen MR) is 105 cm³/mol. The lowest BCUT2D eigenvalue weighted by Crippen LogP contribution is -2.80. The van der Waals surface area contributed by atoms with Gasteiger partial charge in [0.05, 0.1) is 0 Å². The Kier molecular flexibility index (Phi) is 5.23. The summed E-state index contributed by atoms with van der Waals surface area (Å²) in [7, 11) is 0. The molecule has 2 aliphatic rings. The third-order valence-electron chi connectivity index (χ3n) is 4.60. The van der Waals surface area contributed by atoms with Gasteiger partial charge in [-0.25, -0.2) is 4.79 Å². The average molecular weight is 452 g/mol. The summed E-state index contributed by atoms with van der Waals surface area (Å²) in [6.45, 7) is 3.10. The molecule has 1 aromatic rings. The van der Waals surface area contributed by atoms with Gasteiger partial charge in [0.2, 0.25) is 3.79 Å². The van der Waals surface area contributed by atoms with Crippen molar-refractivity contribution in [2.24, 2.45) is 5.73 Å². The number of halogens is 3. The Hall–Kier alpha value is -0.990. The minimum Gasteiger partial charge on any atom is -0.460 e. The molecule has 2 fully saturated rings. The van der Waals surface area contributed by atoms with Gasteiger partial charge in [0.1, 0.15) is 18.0 Å². The zero-order valence-corrected chi connectivity index (χ0v) is 17.5. The van der Waals surface area contributed by atoms with E-state index >= 15 is 0 Å². The van der Waals surface area contributed by atoms with Gasteiger partial charge in [0.25, 0.3) is 5.91 Å². The summed E-state index contributed by atoms with van der Waals surface area (Å²) < 4.78 is 2.58. The summed E-state index contributed by atoms with van der Waals surface area (Å²) in [4.78, 5) is 39.6. The SMILES string of the molecule is CC1(C)S[C@H]2N(C(=O)[C@@]2(N)C(=O)c2ccccc2)[C@H]1C(=O)OCC(Cl)(Cl)Cl. The van der Waals surface area contributed by atoms with Crippen LogP contribution in [0.5, 0.6) is 0 Å². The molecular formula is C17H17Cl3N2O4S. The number of amides is 1. The normalized spacial score (nSPS) is 29.1. The molecule has 2 heterocycles. The first kappa shape index (κ1) is 20.7. The van der Waals surface area contributed by atoms with Crippen LogP contribution in [0.25, 0.3) is 0 Å². The number of rotatable bonds is 4. The van der Waals surface area contributed by atoms with E-state index in [1.807, 2.05) is 0 Å². The van der Waals surface area contributed by atoms with E-state index in [0.717, 1.165) is 0 Å². The van der Waals surface area contributed by atoms with Crippen LogP contribution in [0.2, 0.25) is 0 Å². The van der Waals surface area contributed by atoms with E-state index in [9.17, 15) is 14.4 Å². The summed E-state index contributed by atoms with van der Waals surface area (Å²) in [6, 6.07) is 7.42. The molecule has 1 aromatic carbocycles. The van der Waals surface area contributed by atoms with Gasteiger partial charge < -0.3 is 15.4 Å². The lowest BCUT2D eigenvalue weighted by atomic mass is 9.79. The molecule has 0 radical (unpaired) electrons. The molecule has 10 heteroatoms. The van der Waals surface area contributed by atoms with E-state index in [-0.39, 0.29) is 0 Å². The largest absolute Gasteiger partial charge is 0.460 e. The molecule has 0 spiro atoms. The molecular weight excluding hydrogens is 435 g/mol. The zero-order valence-electron chi connectivity index (χ0n) is 14.4. The average Bonchev–Trinajstić information content (AvgIpc) is 2.87. The third-order valence-corrected chi connectivity index (χ3v) is 6.58. The molecule has 2 saturated heterocycles. The van der Waals surface area contributed by atoms with Crippen molar-refractivity contribution in [3.05, 3.63) is 35.9 Å². The van der Waals surface area contributed by atoms with Gasteiger partial charge in [-0.3, -0.25) is 9.59 Å². The standard InChI is InChI=1S/C17H17Cl3N2O4S/c1-15(2)10(12(24)26-8-16(18,19)20)22-13(25)17(21,14(22)27-15)11(23)9-6-4-3-5-7-9/h3-7,10,14H,8,21H2,1-2H3/t10-,14+,17-/m0/s1. The Morgan fingerprint density at radius 3 is 2.41 bits per heavy atom. The number of carbonyl (C=O) groups excluding carboxylic acids is 3. The Balaban J connectivity index is 1.85. The number of hydrogen-bond acceptors (Lipinski definition) is 6. The van der Waals surface area contributed by atoms with Crippen molar-refractivity contribution in [3.8, 4) is 0 Å². The summed E-state index contributed by atoms with van der Waals surface area (Å²) in [5, 5.41) is -0.682. The van der Waals surface area contributed by atoms with Crippen molar-refractivity contribution in [3.63, 3.8) is 0 Å². The van der Waals surface area contributed by atoms with Gasteiger partial charge in [-0.05, 0) is 13.8 Å².